The molecular weight excluding hydrogens is 451 g/mol. The molecule has 1 heterocycles. The van der Waals surface area contributed by atoms with Crippen LogP contribution in [0.3, 0.4) is 0 Å². The van der Waals surface area contributed by atoms with E-state index in [-0.39, 0.29) is 28.1 Å². The molecule has 3 aromatic carbocycles. The van der Waals surface area contributed by atoms with Crippen molar-refractivity contribution in [3.05, 3.63) is 94.8 Å². The highest BCUT2D eigenvalue weighted by atomic mass is 19.1. The van der Waals surface area contributed by atoms with Gasteiger partial charge in [0, 0.05) is 6.07 Å². The SMILES string of the molecule is COc1ccc(OC)c(/C(O)=C2\C(=O)C(=O)N(c3ccc(F)cc3F)C2c2ccc(F)cc2)c1. The van der Waals surface area contributed by atoms with Crippen LogP contribution in [0.2, 0.25) is 0 Å². The van der Waals surface area contributed by atoms with Gasteiger partial charge >= 0.3 is 0 Å². The number of carbonyl (C=O) groups is 2. The molecule has 34 heavy (non-hydrogen) atoms. The van der Waals surface area contributed by atoms with Crippen molar-refractivity contribution in [2.24, 2.45) is 0 Å². The lowest BCUT2D eigenvalue weighted by Crippen LogP contribution is -2.30. The molecule has 0 radical (unpaired) electrons. The Hall–Kier alpha value is -4.27. The zero-order valence-electron chi connectivity index (χ0n) is 18.0. The molecule has 0 bridgehead atoms. The summed E-state index contributed by atoms with van der Waals surface area (Å²) in [6.07, 6.45) is 0. The summed E-state index contributed by atoms with van der Waals surface area (Å²) in [5, 5.41) is 11.2. The summed E-state index contributed by atoms with van der Waals surface area (Å²) in [7, 11) is 2.75. The Bertz CT molecular complexity index is 1320. The molecule has 0 aromatic heterocycles. The molecule has 0 saturated carbocycles. The van der Waals surface area contributed by atoms with Gasteiger partial charge in [0.2, 0.25) is 0 Å². The van der Waals surface area contributed by atoms with Crippen molar-refractivity contribution < 1.29 is 37.3 Å². The van der Waals surface area contributed by atoms with Crippen LogP contribution in [-0.4, -0.2) is 31.0 Å². The van der Waals surface area contributed by atoms with E-state index >= 15 is 0 Å². The highest BCUT2D eigenvalue weighted by Gasteiger charge is 2.48. The van der Waals surface area contributed by atoms with Crippen molar-refractivity contribution in [1.29, 1.82) is 0 Å². The molecule has 1 unspecified atom stereocenters. The monoisotopic (exact) mass is 469 g/mol. The molecule has 4 rings (SSSR count). The van der Waals surface area contributed by atoms with E-state index in [4.69, 9.17) is 9.47 Å². The number of hydrogen-bond donors (Lipinski definition) is 1. The Morgan fingerprint density at radius 3 is 2.18 bits per heavy atom. The van der Waals surface area contributed by atoms with E-state index in [0.717, 1.165) is 29.2 Å². The molecule has 1 saturated heterocycles. The minimum absolute atomic E-state index is 0.0477. The highest BCUT2D eigenvalue weighted by molar-refractivity contribution is 6.51. The summed E-state index contributed by atoms with van der Waals surface area (Å²) in [6.45, 7) is 0. The first-order chi connectivity index (χ1) is 16.3. The van der Waals surface area contributed by atoms with Gasteiger partial charge in [-0.25, -0.2) is 13.2 Å². The topological polar surface area (TPSA) is 76.1 Å². The Kier molecular flexibility index (Phi) is 6.02. The fraction of sp³-hybridized carbons (Fsp3) is 0.120. The number of Topliss-reactive ketones (excluding diaryl/α,β-unsaturated/α-hetero) is 1. The molecule has 1 aliphatic rings. The summed E-state index contributed by atoms with van der Waals surface area (Å²) in [6, 6.07) is 10.5. The summed E-state index contributed by atoms with van der Waals surface area (Å²) < 4.78 is 52.3. The third-order valence-corrected chi connectivity index (χ3v) is 5.46. The first kappa shape index (κ1) is 22.9. The van der Waals surface area contributed by atoms with E-state index in [1.54, 1.807) is 6.07 Å². The van der Waals surface area contributed by atoms with Crippen LogP contribution >= 0.6 is 0 Å². The minimum atomic E-state index is -1.34. The smallest absolute Gasteiger partial charge is 0.300 e. The van der Waals surface area contributed by atoms with Crippen LogP contribution in [0, 0.1) is 17.5 Å². The number of nitrogens with zero attached hydrogens (tertiary/aromatic N) is 1. The normalized spacial score (nSPS) is 17.2. The van der Waals surface area contributed by atoms with E-state index in [1.807, 2.05) is 0 Å². The molecule has 1 aliphatic heterocycles. The number of carbonyl (C=O) groups excluding carboxylic acids is 2. The van der Waals surface area contributed by atoms with Gasteiger partial charge in [-0.15, -0.1) is 0 Å². The van der Waals surface area contributed by atoms with E-state index in [2.05, 4.69) is 0 Å². The number of aliphatic hydroxyl groups is 1. The number of amides is 1. The maximum Gasteiger partial charge on any atom is 0.300 e. The third-order valence-electron chi connectivity index (χ3n) is 5.46. The third kappa shape index (κ3) is 3.85. The van der Waals surface area contributed by atoms with Crippen molar-refractivity contribution >= 4 is 23.1 Å². The van der Waals surface area contributed by atoms with Crippen LogP contribution in [0.1, 0.15) is 17.2 Å². The Labute approximate surface area is 192 Å². The van der Waals surface area contributed by atoms with Gasteiger partial charge in [0.1, 0.15) is 34.7 Å². The predicted octanol–water partition coefficient (Wildman–Crippen LogP) is 4.75. The van der Waals surface area contributed by atoms with Gasteiger partial charge in [-0.3, -0.25) is 14.5 Å². The van der Waals surface area contributed by atoms with Crippen LogP contribution in [0.5, 0.6) is 11.5 Å². The molecule has 0 spiro atoms. The number of benzene rings is 3. The van der Waals surface area contributed by atoms with Gasteiger partial charge in [-0.1, -0.05) is 12.1 Å². The molecule has 6 nitrogen and oxygen atoms in total. The lowest BCUT2D eigenvalue weighted by Gasteiger charge is -2.26. The Morgan fingerprint density at radius 2 is 1.56 bits per heavy atom. The van der Waals surface area contributed by atoms with E-state index in [1.165, 1.54) is 38.5 Å². The maximum atomic E-state index is 14.7. The van der Waals surface area contributed by atoms with E-state index < -0.39 is 40.9 Å². The zero-order chi connectivity index (χ0) is 24.6. The molecule has 1 fully saturated rings. The number of halogens is 3. The van der Waals surface area contributed by atoms with Crippen molar-refractivity contribution in [3.8, 4) is 11.5 Å². The molecule has 174 valence electrons. The van der Waals surface area contributed by atoms with Crippen molar-refractivity contribution in [2.45, 2.75) is 6.04 Å². The van der Waals surface area contributed by atoms with Gasteiger partial charge in [-0.2, -0.15) is 0 Å². The highest BCUT2D eigenvalue weighted by Crippen LogP contribution is 2.44. The predicted molar refractivity (Wildman–Crippen MR) is 117 cm³/mol. The van der Waals surface area contributed by atoms with Crippen LogP contribution in [0.25, 0.3) is 5.76 Å². The van der Waals surface area contributed by atoms with Crippen LogP contribution < -0.4 is 14.4 Å². The maximum absolute atomic E-state index is 14.7. The number of aliphatic hydroxyl groups excluding tert-OH is 1. The summed E-state index contributed by atoms with van der Waals surface area (Å²) in [5.41, 5.74) is -0.499. The standard InChI is InChI=1S/C25H18F3NO5/c1-33-16-8-10-20(34-2)17(12-16)23(30)21-22(13-3-5-14(26)6-4-13)29(25(32)24(21)31)19-9-7-15(27)11-18(19)28/h3-12,22,30H,1-2H3/b23-21+. The number of hydrogen-bond acceptors (Lipinski definition) is 5. The second-order valence-electron chi connectivity index (χ2n) is 7.38. The first-order valence-corrected chi connectivity index (χ1v) is 10.0. The molecule has 0 aliphatic carbocycles. The van der Waals surface area contributed by atoms with Crippen LogP contribution in [0.15, 0.2) is 66.2 Å². The largest absolute Gasteiger partial charge is 0.507 e. The number of anilines is 1. The van der Waals surface area contributed by atoms with E-state index in [0.29, 0.717) is 11.8 Å². The Morgan fingerprint density at radius 1 is 0.882 bits per heavy atom. The fourth-order valence-corrected chi connectivity index (χ4v) is 3.86. The van der Waals surface area contributed by atoms with Crippen molar-refractivity contribution in [3.63, 3.8) is 0 Å². The van der Waals surface area contributed by atoms with Gasteiger partial charge in [0.15, 0.2) is 0 Å². The van der Waals surface area contributed by atoms with Crippen LogP contribution in [-0.2, 0) is 9.59 Å². The number of methoxy groups -OCH3 is 2. The quantitative estimate of drug-likeness (QED) is 0.332. The summed E-state index contributed by atoms with van der Waals surface area (Å²) in [5.74, 6) is -4.90. The lowest BCUT2D eigenvalue weighted by atomic mass is 9.94. The number of ketones is 1. The lowest BCUT2D eigenvalue weighted by molar-refractivity contribution is -0.132. The average Bonchev–Trinajstić information content (AvgIpc) is 3.09. The van der Waals surface area contributed by atoms with Gasteiger partial charge in [-0.05, 0) is 48.0 Å². The molecule has 1 N–H and O–H groups in total. The molecule has 1 amide bonds. The zero-order valence-corrected chi connectivity index (χ0v) is 18.0. The Balaban J connectivity index is 2.00. The molecule has 3 aromatic rings. The number of ether oxygens (including phenoxy) is 2. The second-order valence-corrected chi connectivity index (χ2v) is 7.38. The molecule has 9 heteroatoms. The average molecular weight is 469 g/mol. The van der Waals surface area contributed by atoms with Crippen molar-refractivity contribution in [1.82, 2.24) is 0 Å². The second kappa shape index (κ2) is 8.93. The first-order valence-electron chi connectivity index (χ1n) is 10.0. The summed E-state index contributed by atoms with van der Waals surface area (Å²) >= 11 is 0. The van der Waals surface area contributed by atoms with Gasteiger partial charge in [0.05, 0.1) is 37.1 Å². The summed E-state index contributed by atoms with van der Waals surface area (Å²) in [4.78, 5) is 27.0. The number of rotatable bonds is 5. The van der Waals surface area contributed by atoms with Gasteiger partial charge in [0.25, 0.3) is 11.7 Å². The van der Waals surface area contributed by atoms with E-state index in [9.17, 15) is 27.9 Å². The fourth-order valence-electron chi connectivity index (χ4n) is 3.86. The van der Waals surface area contributed by atoms with Crippen LogP contribution in [0.4, 0.5) is 18.9 Å². The molecule has 1 atom stereocenters. The van der Waals surface area contributed by atoms with Gasteiger partial charge < -0.3 is 14.6 Å². The molecular formula is C25H18F3NO5. The van der Waals surface area contributed by atoms with Crippen molar-refractivity contribution in [2.75, 3.05) is 19.1 Å². The minimum Gasteiger partial charge on any atom is -0.507 e.